The first-order valence-corrected chi connectivity index (χ1v) is 9.49. The van der Waals surface area contributed by atoms with Crippen LogP contribution in [0.15, 0.2) is 41.7 Å². The smallest absolute Gasteiger partial charge is 0.322 e. The van der Waals surface area contributed by atoms with Crippen molar-refractivity contribution in [3.05, 3.63) is 47.8 Å². The van der Waals surface area contributed by atoms with Crippen molar-refractivity contribution in [2.45, 2.75) is 24.8 Å². The summed E-state index contributed by atoms with van der Waals surface area (Å²) in [5.41, 5.74) is 3.32. The van der Waals surface area contributed by atoms with E-state index in [1.807, 2.05) is 44.2 Å². The second-order valence-electron chi connectivity index (χ2n) is 5.48. The van der Waals surface area contributed by atoms with Gasteiger partial charge in [-0.15, -0.1) is 0 Å². The van der Waals surface area contributed by atoms with Crippen molar-refractivity contribution in [3.63, 3.8) is 0 Å². The molecular weight excluding hydrogens is 361 g/mol. The maximum Gasteiger partial charge on any atom is 0.322 e. The summed E-state index contributed by atoms with van der Waals surface area (Å²) in [6.07, 6.45) is 1.67. The quantitative estimate of drug-likeness (QED) is 0.368. The van der Waals surface area contributed by atoms with Crippen molar-refractivity contribution < 1.29 is 14.0 Å². The van der Waals surface area contributed by atoms with Gasteiger partial charge in [-0.1, -0.05) is 12.1 Å². The summed E-state index contributed by atoms with van der Waals surface area (Å²) in [6.45, 7) is 5.56. The molecule has 133 valence electrons. The normalized spacial score (nSPS) is 12.0. The number of hydrogen-bond donors (Lipinski definition) is 1. The number of benzene rings is 1. The van der Waals surface area contributed by atoms with Crippen LogP contribution in [0, 0.1) is 6.92 Å². The Labute approximate surface area is 178 Å². The number of rotatable bonds is 8. The van der Waals surface area contributed by atoms with Gasteiger partial charge in [-0.05, 0) is 32.0 Å². The molecule has 0 amide bonds. The molecule has 1 N–H and O–H groups in total. The molecule has 3 rings (SSSR count). The molecule has 8 heteroatoms. The fraction of sp³-hybridized carbons (Fsp3) is 0.333. The van der Waals surface area contributed by atoms with E-state index < -0.39 is 11.2 Å². The summed E-state index contributed by atoms with van der Waals surface area (Å²) in [6, 6.07) is 9.45. The number of nitrogens with zero attached hydrogens (tertiary/aromatic N) is 2. The van der Waals surface area contributed by atoms with E-state index >= 15 is 0 Å². The SMILES string of the molecule is CCOCCOc1ccnc(C[S+]([O-])c2nc3ccccc3[nH]2)c1C.[Na]. The Morgan fingerprint density at radius 3 is 2.77 bits per heavy atom. The van der Waals surface area contributed by atoms with Crippen molar-refractivity contribution in [3.8, 4) is 5.75 Å². The summed E-state index contributed by atoms with van der Waals surface area (Å²) in [4.78, 5) is 11.9. The van der Waals surface area contributed by atoms with E-state index in [1.165, 1.54) is 0 Å². The molecule has 3 aromatic rings. The third-order valence-electron chi connectivity index (χ3n) is 3.80. The van der Waals surface area contributed by atoms with Crippen molar-refractivity contribution in [2.75, 3.05) is 19.8 Å². The van der Waals surface area contributed by atoms with Crippen LogP contribution in [0.25, 0.3) is 11.0 Å². The Hall–Kier alpha value is -1.09. The number of hydrogen-bond acceptors (Lipinski definition) is 5. The summed E-state index contributed by atoms with van der Waals surface area (Å²) in [5, 5.41) is 0.463. The third kappa shape index (κ3) is 5.22. The van der Waals surface area contributed by atoms with Crippen molar-refractivity contribution in [1.82, 2.24) is 15.0 Å². The van der Waals surface area contributed by atoms with Gasteiger partial charge in [-0.25, -0.2) is 0 Å². The zero-order valence-electron chi connectivity index (χ0n) is 15.3. The largest absolute Gasteiger partial charge is 0.609 e. The maximum absolute atomic E-state index is 12.7. The van der Waals surface area contributed by atoms with E-state index in [2.05, 4.69) is 15.0 Å². The van der Waals surface area contributed by atoms with E-state index in [4.69, 9.17) is 9.47 Å². The van der Waals surface area contributed by atoms with Gasteiger partial charge in [-0.3, -0.25) is 9.97 Å². The first-order valence-electron chi connectivity index (χ1n) is 8.17. The standard InChI is InChI=1S/C18H21N3O3S.Na/c1-3-23-10-11-24-17-8-9-19-16(13(17)2)12-25(22)18-20-14-6-4-5-7-15(14)21-18;/h4-9H,3,10-12H2,1-2H3,(H,20,21);. The topological polar surface area (TPSA) is 83.1 Å². The predicted octanol–water partition coefficient (Wildman–Crippen LogP) is 2.61. The number of H-pyrrole nitrogens is 1. The Balaban J connectivity index is 0.00000243. The minimum absolute atomic E-state index is 0. The van der Waals surface area contributed by atoms with Crippen LogP contribution in [-0.2, 0) is 21.7 Å². The Morgan fingerprint density at radius 1 is 1.19 bits per heavy atom. The molecule has 1 atom stereocenters. The van der Waals surface area contributed by atoms with Gasteiger partial charge in [0.15, 0.2) is 5.75 Å². The molecule has 0 saturated carbocycles. The molecule has 0 aliphatic carbocycles. The molecule has 0 aliphatic heterocycles. The van der Waals surface area contributed by atoms with Gasteiger partial charge in [-0.2, -0.15) is 4.98 Å². The maximum atomic E-state index is 12.7. The number of imidazole rings is 1. The van der Waals surface area contributed by atoms with Gasteiger partial charge >= 0.3 is 5.16 Å². The van der Waals surface area contributed by atoms with Gasteiger partial charge in [0.25, 0.3) is 0 Å². The van der Waals surface area contributed by atoms with Gasteiger partial charge in [0.2, 0.25) is 0 Å². The van der Waals surface area contributed by atoms with Crippen LogP contribution in [0.1, 0.15) is 18.2 Å². The fourth-order valence-electron chi connectivity index (χ4n) is 2.45. The minimum atomic E-state index is -1.30. The molecule has 1 aromatic carbocycles. The van der Waals surface area contributed by atoms with Crippen LogP contribution in [0.3, 0.4) is 0 Å². The minimum Gasteiger partial charge on any atom is -0.609 e. The molecular formula is C18H21N3NaO3S. The molecule has 0 fully saturated rings. The molecule has 1 radical (unpaired) electrons. The summed E-state index contributed by atoms with van der Waals surface area (Å²) in [5.74, 6) is 1.03. The van der Waals surface area contributed by atoms with Gasteiger partial charge in [0, 0.05) is 59.1 Å². The van der Waals surface area contributed by atoms with E-state index in [1.54, 1.807) is 6.20 Å². The van der Waals surface area contributed by atoms with E-state index in [0.717, 1.165) is 28.0 Å². The van der Waals surface area contributed by atoms with Crippen molar-refractivity contribution in [2.24, 2.45) is 0 Å². The number of fused-ring (bicyclic) bond motifs is 1. The molecule has 2 aromatic heterocycles. The molecule has 26 heavy (non-hydrogen) atoms. The van der Waals surface area contributed by atoms with Crippen LogP contribution in [-0.4, -0.2) is 68.9 Å². The zero-order valence-corrected chi connectivity index (χ0v) is 18.1. The number of ether oxygens (including phenoxy) is 2. The second kappa shape index (κ2) is 10.3. The Bertz CT molecular complexity index is 810. The third-order valence-corrected chi connectivity index (χ3v) is 4.96. The number of para-hydroxylation sites is 2. The van der Waals surface area contributed by atoms with Gasteiger partial charge in [0.05, 0.1) is 23.3 Å². The average Bonchev–Trinajstić information content (AvgIpc) is 3.06. The second-order valence-corrected chi connectivity index (χ2v) is 6.84. The van der Waals surface area contributed by atoms with Gasteiger partial charge in [0.1, 0.15) is 12.4 Å². The van der Waals surface area contributed by atoms with Crippen molar-refractivity contribution >= 4 is 51.8 Å². The van der Waals surface area contributed by atoms with Crippen molar-refractivity contribution in [1.29, 1.82) is 0 Å². The molecule has 0 aliphatic rings. The molecule has 1 unspecified atom stereocenters. The molecule has 0 spiro atoms. The van der Waals surface area contributed by atoms with E-state index in [9.17, 15) is 4.55 Å². The summed E-state index contributed by atoms with van der Waals surface area (Å²) in [7, 11) is 0. The predicted molar refractivity (Wildman–Crippen MR) is 103 cm³/mol. The summed E-state index contributed by atoms with van der Waals surface area (Å²) >= 11 is -1.30. The van der Waals surface area contributed by atoms with Crippen LogP contribution >= 0.6 is 0 Å². The van der Waals surface area contributed by atoms with E-state index in [0.29, 0.717) is 25.0 Å². The van der Waals surface area contributed by atoms with Gasteiger partial charge < -0.3 is 14.0 Å². The van der Waals surface area contributed by atoms with Crippen LogP contribution < -0.4 is 4.74 Å². The van der Waals surface area contributed by atoms with Crippen LogP contribution in [0.2, 0.25) is 0 Å². The zero-order chi connectivity index (χ0) is 17.6. The number of aromatic nitrogens is 3. The number of pyridine rings is 1. The molecule has 0 bridgehead atoms. The number of aromatic amines is 1. The average molecular weight is 382 g/mol. The number of nitrogens with one attached hydrogen (secondary N) is 1. The van der Waals surface area contributed by atoms with E-state index in [-0.39, 0.29) is 35.3 Å². The van der Waals surface area contributed by atoms with Crippen LogP contribution in [0.4, 0.5) is 0 Å². The first kappa shape index (κ1) is 21.2. The molecule has 2 heterocycles. The first-order chi connectivity index (χ1) is 12.2. The monoisotopic (exact) mass is 382 g/mol. The molecule has 0 saturated heterocycles. The summed E-state index contributed by atoms with van der Waals surface area (Å²) < 4.78 is 23.7. The molecule has 6 nitrogen and oxygen atoms in total. The Morgan fingerprint density at radius 2 is 2.00 bits per heavy atom. The van der Waals surface area contributed by atoms with Crippen LogP contribution in [0.5, 0.6) is 5.75 Å². The fourth-order valence-corrected chi connectivity index (χ4v) is 3.55. The Kier molecular flexibility index (Phi) is 8.40.